The lowest BCUT2D eigenvalue weighted by molar-refractivity contribution is 0.0989. The van der Waals surface area contributed by atoms with Gasteiger partial charge in [-0.1, -0.05) is 83.6 Å². The summed E-state index contributed by atoms with van der Waals surface area (Å²) in [7, 11) is 0. The van der Waals surface area contributed by atoms with E-state index in [1.165, 1.54) is 22.7 Å². The lowest BCUT2D eigenvalue weighted by Crippen LogP contribution is -2.29. The monoisotopic (exact) mass is 448 g/mol. The molecule has 3 aromatic carbocycles. The number of nitrogens with zero attached hydrogens (tertiary/aromatic N) is 2. The summed E-state index contributed by atoms with van der Waals surface area (Å²) in [6.07, 6.45) is 0. The molecule has 30 heavy (non-hydrogen) atoms. The number of anilines is 1. The minimum absolute atomic E-state index is 0.123. The molecule has 0 unspecified atom stereocenters. The predicted molar refractivity (Wildman–Crippen MR) is 128 cm³/mol. The van der Waals surface area contributed by atoms with Crippen LogP contribution in [0.5, 0.6) is 0 Å². The molecule has 0 radical (unpaired) electrons. The summed E-state index contributed by atoms with van der Waals surface area (Å²) >= 11 is 9.60. The fourth-order valence-electron chi connectivity index (χ4n) is 3.46. The Balaban J connectivity index is 1.63. The van der Waals surface area contributed by atoms with Crippen molar-refractivity contribution in [3.63, 3.8) is 0 Å². The second kappa shape index (κ2) is 7.84. The van der Waals surface area contributed by atoms with Crippen molar-refractivity contribution in [2.75, 3.05) is 4.90 Å². The number of halogens is 1. The number of thiazole rings is 1. The summed E-state index contributed by atoms with van der Waals surface area (Å²) in [6.45, 7) is 2.47. The molecule has 6 heteroatoms. The van der Waals surface area contributed by atoms with E-state index in [2.05, 4.69) is 0 Å². The maximum absolute atomic E-state index is 13.7. The van der Waals surface area contributed by atoms with E-state index in [9.17, 15) is 4.79 Å². The number of para-hydroxylation sites is 1. The van der Waals surface area contributed by atoms with Crippen molar-refractivity contribution in [3.05, 3.63) is 93.8 Å². The molecule has 0 fully saturated rings. The highest BCUT2D eigenvalue weighted by Gasteiger charge is 2.26. The van der Waals surface area contributed by atoms with Crippen molar-refractivity contribution in [2.45, 2.75) is 13.5 Å². The molecule has 5 rings (SSSR count). The Bertz CT molecular complexity index is 1370. The minimum atomic E-state index is -0.123. The van der Waals surface area contributed by atoms with Crippen molar-refractivity contribution >= 4 is 65.6 Å². The average Bonchev–Trinajstić information content (AvgIpc) is 3.35. The molecule has 5 aromatic rings. The number of hydrogen-bond donors (Lipinski definition) is 0. The van der Waals surface area contributed by atoms with Gasteiger partial charge in [-0.3, -0.25) is 9.69 Å². The van der Waals surface area contributed by atoms with Crippen LogP contribution in [0.3, 0.4) is 0 Å². The van der Waals surface area contributed by atoms with Crippen LogP contribution in [0.4, 0.5) is 5.13 Å². The number of aryl methyl sites for hydroxylation is 1. The maximum Gasteiger partial charge on any atom is 0.272 e. The Morgan fingerprint density at radius 2 is 1.67 bits per heavy atom. The van der Waals surface area contributed by atoms with Gasteiger partial charge in [-0.25, -0.2) is 4.98 Å². The largest absolute Gasteiger partial charge is 0.279 e. The second-order valence-corrected chi connectivity index (χ2v) is 9.48. The molecule has 2 heterocycles. The van der Waals surface area contributed by atoms with Crippen molar-refractivity contribution in [3.8, 4) is 0 Å². The fraction of sp³-hybridized carbons (Fsp3) is 0.0833. The Kier molecular flexibility index (Phi) is 5.03. The molecule has 0 atom stereocenters. The smallest absolute Gasteiger partial charge is 0.272 e. The molecule has 0 saturated heterocycles. The van der Waals surface area contributed by atoms with E-state index in [0.717, 1.165) is 31.4 Å². The Morgan fingerprint density at radius 1 is 0.933 bits per heavy atom. The SMILES string of the molecule is Cc1cccc2sc(N(Cc3ccccc3)C(=O)c3sc4ccccc4c3Cl)nc12. The molecule has 0 aliphatic heterocycles. The van der Waals surface area contributed by atoms with Crippen LogP contribution < -0.4 is 4.90 Å². The van der Waals surface area contributed by atoms with Crippen LogP contribution in [0.25, 0.3) is 20.3 Å². The summed E-state index contributed by atoms with van der Waals surface area (Å²) < 4.78 is 2.07. The summed E-state index contributed by atoms with van der Waals surface area (Å²) in [5.74, 6) is -0.123. The number of carbonyl (C=O) groups is 1. The van der Waals surface area contributed by atoms with Crippen LogP contribution in [-0.2, 0) is 6.54 Å². The standard InChI is InChI=1S/C24H17ClN2OS2/c1-15-8-7-13-19-21(15)26-24(30-19)27(14-16-9-3-2-4-10-16)23(28)22-20(25)17-11-5-6-12-18(17)29-22/h2-13H,14H2,1H3. The first kappa shape index (κ1) is 19.2. The quantitative estimate of drug-likeness (QED) is 0.288. The maximum atomic E-state index is 13.7. The van der Waals surface area contributed by atoms with Gasteiger partial charge in [-0.2, -0.15) is 0 Å². The summed E-state index contributed by atoms with van der Waals surface area (Å²) in [4.78, 5) is 20.8. The van der Waals surface area contributed by atoms with Gasteiger partial charge in [0.15, 0.2) is 5.13 Å². The molecule has 0 bridgehead atoms. The number of carbonyl (C=O) groups excluding carboxylic acids is 1. The van der Waals surface area contributed by atoms with Gasteiger partial charge >= 0.3 is 0 Å². The van der Waals surface area contributed by atoms with Gasteiger partial charge in [0.2, 0.25) is 0 Å². The molecule has 0 N–H and O–H groups in total. The zero-order valence-electron chi connectivity index (χ0n) is 16.1. The summed E-state index contributed by atoms with van der Waals surface area (Å²) in [6, 6.07) is 23.9. The lowest BCUT2D eigenvalue weighted by Gasteiger charge is -2.19. The van der Waals surface area contributed by atoms with Crippen molar-refractivity contribution in [1.29, 1.82) is 0 Å². The first-order valence-electron chi connectivity index (χ1n) is 9.51. The second-order valence-electron chi connectivity index (χ2n) is 7.04. The lowest BCUT2D eigenvalue weighted by atomic mass is 10.2. The number of amides is 1. The fourth-order valence-corrected chi connectivity index (χ4v) is 5.96. The van der Waals surface area contributed by atoms with Crippen molar-refractivity contribution in [2.24, 2.45) is 0 Å². The molecular formula is C24H17ClN2OS2. The third kappa shape index (κ3) is 3.39. The molecular weight excluding hydrogens is 432 g/mol. The van der Waals surface area contributed by atoms with Crippen molar-refractivity contribution in [1.82, 2.24) is 4.98 Å². The molecule has 0 spiro atoms. The molecule has 0 aliphatic carbocycles. The molecule has 3 nitrogen and oxygen atoms in total. The van der Waals surface area contributed by atoms with E-state index < -0.39 is 0 Å². The third-order valence-electron chi connectivity index (χ3n) is 5.00. The highest BCUT2D eigenvalue weighted by molar-refractivity contribution is 7.23. The topological polar surface area (TPSA) is 33.2 Å². The van der Waals surface area contributed by atoms with Gasteiger partial charge in [-0.15, -0.1) is 11.3 Å². The first-order valence-corrected chi connectivity index (χ1v) is 11.5. The van der Waals surface area contributed by atoms with Gasteiger partial charge in [0.1, 0.15) is 4.88 Å². The zero-order chi connectivity index (χ0) is 20.7. The minimum Gasteiger partial charge on any atom is -0.279 e. The number of thiophene rings is 1. The van der Waals surface area contributed by atoms with Gasteiger partial charge in [-0.05, 0) is 30.2 Å². The molecule has 1 amide bonds. The normalized spacial score (nSPS) is 11.3. The number of rotatable bonds is 4. The van der Waals surface area contributed by atoms with Gasteiger partial charge in [0.05, 0.1) is 21.8 Å². The van der Waals surface area contributed by atoms with E-state index in [0.29, 0.717) is 21.6 Å². The summed E-state index contributed by atoms with van der Waals surface area (Å²) in [5.41, 5.74) is 3.08. The van der Waals surface area contributed by atoms with Gasteiger partial charge in [0, 0.05) is 10.1 Å². The molecule has 0 saturated carbocycles. The Hall–Kier alpha value is -2.73. The predicted octanol–water partition coefficient (Wildman–Crippen LogP) is 7.32. The first-order chi connectivity index (χ1) is 14.6. The number of aromatic nitrogens is 1. The van der Waals surface area contributed by atoms with Crippen LogP contribution in [-0.4, -0.2) is 10.9 Å². The average molecular weight is 449 g/mol. The number of fused-ring (bicyclic) bond motifs is 2. The van der Waals surface area contributed by atoms with E-state index in [1.807, 2.05) is 79.7 Å². The molecule has 148 valence electrons. The van der Waals surface area contributed by atoms with Crippen LogP contribution in [0.1, 0.15) is 20.8 Å². The highest BCUT2D eigenvalue weighted by atomic mass is 35.5. The van der Waals surface area contributed by atoms with Gasteiger partial charge in [0.25, 0.3) is 5.91 Å². The van der Waals surface area contributed by atoms with Crippen LogP contribution in [0.15, 0.2) is 72.8 Å². The zero-order valence-corrected chi connectivity index (χ0v) is 18.5. The van der Waals surface area contributed by atoms with Gasteiger partial charge < -0.3 is 0 Å². The Morgan fingerprint density at radius 3 is 2.43 bits per heavy atom. The van der Waals surface area contributed by atoms with E-state index >= 15 is 0 Å². The molecule has 0 aliphatic rings. The van der Waals surface area contributed by atoms with Crippen LogP contribution in [0.2, 0.25) is 5.02 Å². The van der Waals surface area contributed by atoms with Crippen LogP contribution >= 0.6 is 34.3 Å². The van der Waals surface area contributed by atoms with Crippen molar-refractivity contribution < 1.29 is 4.79 Å². The van der Waals surface area contributed by atoms with E-state index in [4.69, 9.17) is 16.6 Å². The van der Waals surface area contributed by atoms with E-state index in [1.54, 1.807) is 4.90 Å². The number of benzene rings is 3. The van der Waals surface area contributed by atoms with E-state index in [-0.39, 0.29) is 5.91 Å². The molecule has 2 aromatic heterocycles. The highest BCUT2D eigenvalue weighted by Crippen LogP contribution is 2.38. The third-order valence-corrected chi connectivity index (χ3v) is 7.71. The summed E-state index contributed by atoms with van der Waals surface area (Å²) in [5, 5.41) is 2.10. The number of hydrogen-bond acceptors (Lipinski definition) is 4. The Labute approximate surface area is 187 Å². The van der Waals surface area contributed by atoms with Crippen LogP contribution in [0, 0.1) is 6.92 Å².